The van der Waals surface area contributed by atoms with Crippen molar-refractivity contribution < 1.29 is 0 Å². The van der Waals surface area contributed by atoms with E-state index in [0.717, 1.165) is 15.7 Å². The quantitative estimate of drug-likeness (QED) is 0.764. The average Bonchev–Trinajstić information content (AvgIpc) is 2.56. The predicted octanol–water partition coefficient (Wildman–Crippen LogP) is 5.03. The Morgan fingerprint density at radius 2 is 1.96 bits per heavy atom. The van der Waals surface area contributed by atoms with E-state index in [1.807, 2.05) is 0 Å². The second-order valence-corrected chi connectivity index (χ2v) is 7.37. The van der Waals surface area contributed by atoms with Crippen LogP contribution in [0.4, 0.5) is 5.69 Å². The first-order valence-electron chi connectivity index (χ1n) is 8.29. The summed E-state index contributed by atoms with van der Waals surface area (Å²) in [4.78, 5) is 2.55. The molecule has 118 valence electrons. The number of aryl methyl sites for hydroxylation is 1. The van der Waals surface area contributed by atoms with Crippen LogP contribution in [0, 0.1) is 0 Å². The highest BCUT2D eigenvalue weighted by Gasteiger charge is 2.33. The first-order chi connectivity index (χ1) is 11.2. The van der Waals surface area contributed by atoms with Gasteiger partial charge in [0, 0.05) is 21.8 Å². The summed E-state index contributed by atoms with van der Waals surface area (Å²) < 4.78 is 1.13. The average molecular weight is 369 g/mol. The molecule has 0 radical (unpaired) electrons. The van der Waals surface area contributed by atoms with Gasteiger partial charge < -0.3 is 10.6 Å². The zero-order valence-corrected chi connectivity index (χ0v) is 14.9. The van der Waals surface area contributed by atoms with Crippen LogP contribution in [0.25, 0.3) is 5.70 Å². The summed E-state index contributed by atoms with van der Waals surface area (Å²) in [5.74, 6) is 0. The van der Waals surface area contributed by atoms with Gasteiger partial charge in [0.1, 0.15) is 0 Å². The molecule has 1 unspecified atom stereocenters. The number of rotatable bonds is 1. The third kappa shape index (κ3) is 2.38. The van der Waals surface area contributed by atoms with Crippen molar-refractivity contribution in [2.45, 2.75) is 38.3 Å². The molecule has 0 aromatic heterocycles. The van der Waals surface area contributed by atoms with E-state index in [9.17, 15) is 0 Å². The van der Waals surface area contributed by atoms with Gasteiger partial charge in [0.25, 0.3) is 0 Å². The lowest BCUT2D eigenvalue weighted by Gasteiger charge is -2.44. The van der Waals surface area contributed by atoms with Crippen LogP contribution in [0.5, 0.6) is 0 Å². The smallest absolute Gasteiger partial charge is 0.0615 e. The molecule has 1 aliphatic carbocycles. The standard InChI is InChI=1S/C20H21BrN2/c1-13-12-18(22)16-9-5-10-17(21)20(16)23(13)19-11-4-7-14-6-2-3-8-15(14)19/h2-3,5-6,8-10,12-13,19H,4,7,11,22H2,1H3/t13?,19-/m0/s1. The lowest BCUT2D eigenvalue weighted by atomic mass is 9.84. The number of para-hydroxylation sites is 1. The molecule has 23 heavy (non-hydrogen) atoms. The van der Waals surface area contributed by atoms with Crippen molar-refractivity contribution in [1.82, 2.24) is 0 Å². The van der Waals surface area contributed by atoms with E-state index < -0.39 is 0 Å². The van der Waals surface area contributed by atoms with Gasteiger partial charge in [0.2, 0.25) is 0 Å². The van der Waals surface area contributed by atoms with Crippen LogP contribution >= 0.6 is 15.9 Å². The van der Waals surface area contributed by atoms with Gasteiger partial charge in [-0.05, 0) is 65.4 Å². The van der Waals surface area contributed by atoms with E-state index in [4.69, 9.17) is 5.73 Å². The van der Waals surface area contributed by atoms with Crippen molar-refractivity contribution in [3.05, 3.63) is 69.7 Å². The molecule has 2 aliphatic rings. The summed E-state index contributed by atoms with van der Waals surface area (Å²) in [6.45, 7) is 2.24. The van der Waals surface area contributed by atoms with Gasteiger partial charge in [-0.2, -0.15) is 0 Å². The summed E-state index contributed by atoms with van der Waals surface area (Å²) in [5, 5.41) is 0. The third-order valence-corrected chi connectivity index (χ3v) is 5.73. The Balaban J connectivity index is 1.88. The SMILES string of the molecule is CC1C=C(N)c2cccc(Br)c2N1[C@H]1CCCc2ccccc21. The minimum atomic E-state index is 0.289. The minimum absolute atomic E-state index is 0.289. The van der Waals surface area contributed by atoms with Crippen LogP contribution in [0.3, 0.4) is 0 Å². The predicted molar refractivity (Wildman–Crippen MR) is 100 cm³/mol. The topological polar surface area (TPSA) is 29.3 Å². The molecule has 2 aromatic carbocycles. The van der Waals surface area contributed by atoms with Crippen LogP contribution < -0.4 is 10.6 Å². The van der Waals surface area contributed by atoms with Crippen molar-refractivity contribution in [3.63, 3.8) is 0 Å². The molecule has 1 heterocycles. The fourth-order valence-electron chi connectivity index (χ4n) is 4.10. The van der Waals surface area contributed by atoms with Crippen molar-refractivity contribution in [3.8, 4) is 0 Å². The van der Waals surface area contributed by atoms with E-state index in [2.05, 4.69) is 76.3 Å². The fraction of sp³-hybridized carbons (Fsp3) is 0.300. The monoisotopic (exact) mass is 368 g/mol. The summed E-state index contributed by atoms with van der Waals surface area (Å²) in [5.41, 5.74) is 12.5. The molecule has 1 aliphatic heterocycles. The summed E-state index contributed by atoms with van der Waals surface area (Å²) >= 11 is 3.76. The van der Waals surface area contributed by atoms with Crippen molar-refractivity contribution in [1.29, 1.82) is 0 Å². The Bertz CT molecular complexity index is 781. The van der Waals surface area contributed by atoms with E-state index in [1.54, 1.807) is 0 Å². The molecule has 2 aromatic rings. The van der Waals surface area contributed by atoms with Gasteiger partial charge in [-0.15, -0.1) is 0 Å². The normalized spacial score (nSPS) is 23.0. The van der Waals surface area contributed by atoms with Crippen molar-refractivity contribution >= 4 is 27.3 Å². The Morgan fingerprint density at radius 3 is 2.83 bits per heavy atom. The molecule has 0 spiro atoms. The zero-order valence-electron chi connectivity index (χ0n) is 13.3. The van der Waals surface area contributed by atoms with Crippen LogP contribution in [0.1, 0.15) is 42.5 Å². The van der Waals surface area contributed by atoms with E-state index in [1.165, 1.54) is 36.1 Å². The number of hydrogen-bond acceptors (Lipinski definition) is 2. The molecule has 2 nitrogen and oxygen atoms in total. The maximum absolute atomic E-state index is 6.31. The highest BCUT2D eigenvalue weighted by atomic mass is 79.9. The Hall–Kier alpha value is -1.74. The molecule has 0 bridgehead atoms. The number of fused-ring (bicyclic) bond motifs is 2. The molecule has 0 saturated carbocycles. The number of nitrogens with zero attached hydrogens (tertiary/aromatic N) is 1. The molecule has 4 rings (SSSR count). The molecule has 2 N–H and O–H groups in total. The number of halogens is 1. The Morgan fingerprint density at radius 1 is 1.13 bits per heavy atom. The van der Waals surface area contributed by atoms with Crippen LogP contribution in [0.15, 0.2) is 53.0 Å². The van der Waals surface area contributed by atoms with Crippen LogP contribution in [0.2, 0.25) is 0 Å². The molecular weight excluding hydrogens is 348 g/mol. The molecular formula is C20H21BrN2. The Kier molecular flexibility index (Phi) is 3.68. The Labute approximate surface area is 146 Å². The lowest BCUT2D eigenvalue weighted by Crippen LogP contribution is -2.40. The van der Waals surface area contributed by atoms with Crippen LogP contribution in [-0.4, -0.2) is 6.04 Å². The molecule has 2 atom stereocenters. The van der Waals surface area contributed by atoms with Crippen molar-refractivity contribution in [2.75, 3.05) is 4.90 Å². The first kappa shape index (κ1) is 14.8. The van der Waals surface area contributed by atoms with Crippen LogP contribution in [-0.2, 0) is 6.42 Å². The summed E-state index contributed by atoms with van der Waals surface area (Å²) in [6.07, 6.45) is 5.81. The number of anilines is 1. The molecule has 0 fully saturated rings. The highest BCUT2D eigenvalue weighted by molar-refractivity contribution is 9.10. The molecule has 0 amide bonds. The maximum atomic E-state index is 6.31. The van der Waals surface area contributed by atoms with Gasteiger partial charge in [0.05, 0.1) is 11.7 Å². The fourth-order valence-corrected chi connectivity index (χ4v) is 4.67. The number of hydrogen-bond donors (Lipinski definition) is 1. The molecule has 0 saturated heterocycles. The van der Waals surface area contributed by atoms with Gasteiger partial charge in [-0.1, -0.05) is 36.4 Å². The lowest BCUT2D eigenvalue weighted by molar-refractivity contribution is 0.500. The second-order valence-electron chi connectivity index (χ2n) is 6.51. The van der Waals surface area contributed by atoms with E-state index >= 15 is 0 Å². The summed E-state index contributed by atoms with van der Waals surface area (Å²) in [7, 11) is 0. The second kappa shape index (κ2) is 5.72. The highest BCUT2D eigenvalue weighted by Crippen LogP contribution is 2.45. The van der Waals surface area contributed by atoms with Crippen molar-refractivity contribution in [2.24, 2.45) is 5.73 Å². The van der Waals surface area contributed by atoms with E-state index in [0.29, 0.717) is 6.04 Å². The van der Waals surface area contributed by atoms with Gasteiger partial charge in [-0.25, -0.2) is 0 Å². The maximum Gasteiger partial charge on any atom is 0.0615 e. The van der Waals surface area contributed by atoms with Gasteiger partial charge >= 0.3 is 0 Å². The van der Waals surface area contributed by atoms with E-state index in [-0.39, 0.29) is 6.04 Å². The number of nitrogens with two attached hydrogens (primary N) is 1. The zero-order chi connectivity index (χ0) is 16.0. The van der Waals surface area contributed by atoms with Gasteiger partial charge in [0.15, 0.2) is 0 Å². The third-order valence-electron chi connectivity index (χ3n) is 5.09. The first-order valence-corrected chi connectivity index (χ1v) is 9.08. The summed E-state index contributed by atoms with van der Waals surface area (Å²) in [6, 6.07) is 15.9. The largest absolute Gasteiger partial charge is 0.398 e. The molecule has 3 heteroatoms. The number of benzene rings is 2. The minimum Gasteiger partial charge on any atom is -0.398 e. The van der Waals surface area contributed by atoms with Gasteiger partial charge in [-0.3, -0.25) is 0 Å².